The molecule has 0 fully saturated rings. The van der Waals surface area contributed by atoms with Gasteiger partial charge in [0.05, 0.1) is 13.2 Å². The Morgan fingerprint density at radius 1 is 1.14 bits per heavy atom. The van der Waals surface area contributed by atoms with Gasteiger partial charge in [-0.2, -0.15) is 26.7 Å². The molecule has 1 aromatic carbocycles. The van der Waals surface area contributed by atoms with Crippen molar-refractivity contribution in [2.75, 3.05) is 13.2 Å². The van der Waals surface area contributed by atoms with Gasteiger partial charge in [0.1, 0.15) is 11.3 Å². The van der Waals surface area contributed by atoms with Crippen LogP contribution >= 0.6 is 11.6 Å². The minimum atomic E-state index is -6.18. The monoisotopic (exact) mass is 541 g/mol. The van der Waals surface area contributed by atoms with E-state index in [-0.39, 0.29) is 30.3 Å². The van der Waals surface area contributed by atoms with Crippen LogP contribution in [-0.2, 0) is 26.1 Å². The number of benzene rings is 1. The number of carbonyl (C=O) groups is 2. The average molecular weight is 542 g/mol. The number of nitrogens with one attached hydrogen (secondary N) is 1. The highest BCUT2D eigenvalue weighted by atomic mass is 35.5. The third-order valence-corrected chi connectivity index (χ3v) is 5.17. The molecule has 0 bridgehead atoms. The second-order valence-electron chi connectivity index (χ2n) is 7.89. The third kappa shape index (κ3) is 7.49. The molecule has 0 aliphatic rings. The molecule has 1 N–H and O–H groups in total. The van der Waals surface area contributed by atoms with Gasteiger partial charge in [-0.3, -0.25) is 4.68 Å². The van der Waals surface area contributed by atoms with Crippen molar-refractivity contribution < 1.29 is 44.8 Å². The van der Waals surface area contributed by atoms with Crippen molar-refractivity contribution in [2.24, 2.45) is 0 Å². The number of carbonyl (C=O) groups excluding carboxylic acids is 2. The normalized spacial score (nSPS) is 12.2. The van der Waals surface area contributed by atoms with E-state index in [1.54, 1.807) is 20.8 Å². The number of amides is 1. The minimum absolute atomic E-state index is 0.103. The Kier molecular flexibility index (Phi) is 8.65. The highest BCUT2D eigenvalue weighted by molar-refractivity contribution is 7.88. The molecule has 0 radical (unpaired) electrons. The molecule has 0 unspecified atom stereocenters. The summed E-state index contributed by atoms with van der Waals surface area (Å²) in [6, 6.07) is 5.45. The summed E-state index contributed by atoms with van der Waals surface area (Å²) >= 11 is 5.85. The van der Waals surface area contributed by atoms with Crippen LogP contribution in [0.1, 0.15) is 38.2 Å². The zero-order valence-corrected chi connectivity index (χ0v) is 20.7. The summed E-state index contributed by atoms with van der Waals surface area (Å²) < 4.78 is 78.1. The number of hydrogen-bond donors (Lipinski definition) is 1. The molecule has 35 heavy (non-hydrogen) atoms. The van der Waals surface area contributed by atoms with E-state index in [2.05, 4.69) is 14.6 Å². The second kappa shape index (κ2) is 10.7. The summed E-state index contributed by atoms with van der Waals surface area (Å²) in [4.78, 5) is 24.5. The van der Waals surface area contributed by atoms with Crippen molar-refractivity contribution in [2.45, 2.75) is 45.3 Å². The standard InChI is InChI=1S/C20H23ClF3N3O7S/c1-5-32-17(28)15-16(34-35(30,31)20(22,23)24)14(12-6-8-13(21)9-7-12)26-27(15)11-10-25-18(29)33-19(2,3)4/h6-9H,5,10-11H2,1-4H3,(H,25,29). The highest BCUT2D eigenvalue weighted by Crippen LogP contribution is 2.37. The lowest BCUT2D eigenvalue weighted by molar-refractivity contribution is -0.0500. The Bertz CT molecular complexity index is 1170. The number of alkyl halides is 3. The maximum Gasteiger partial charge on any atom is 0.534 e. The van der Waals surface area contributed by atoms with Crippen molar-refractivity contribution in [1.82, 2.24) is 15.1 Å². The molecule has 1 aromatic heterocycles. The summed E-state index contributed by atoms with van der Waals surface area (Å²) in [5.41, 5.74) is -7.56. The predicted octanol–water partition coefficient (Wildman–Crippen LogP) is 4.13. The van der Waals surface area contributed by atoms with Gasteiger partial charge >= 0.3 is 27.7 Å². The number of alkyl carbamates (subject to hydrolysis) is 1. The van der Waals surface area contributed by atoms with Crippen LogP contribution in [0.4, 0.5) is 18.0 Å². The van der Waals surface area contributed by atoms with Crippen LogP contribution in [0.3, 0.4) is 0 Å². The van der Waals surface area contributed by atoms with E-state index in [1.807, 2.05) is 0 Å². The van der Waals surface area contributed by atoms with E-state index in [9.17, 15) is 31.2 Å². The predicted molar refractivity (Wildman–Crippen MR) is 118 cm³/mol. The first-order chi connectivity index (χ1) is 16.1. The van der Waals surface area contributed by atoms with Gasteiger partial charge in [0.15, 0.2) is 5.69 Å². The minimum Gasteiger partial charge on any atom is -0.461 e. The molecule has 0 aliphatic carbocycles. The summed E-state index contributed by atoms with van der Waals surface area (Å²) in [7, 11) is -6.18. The van der Waals surface area contributed by atoms with E-state index in [4.69, 9.17) is 21.1 Å². The zero-order valence-electron chi connectivity index (χ0n) is 19.1. The first-order valence-electron chi connectivity index (χ1n) is 10.1. The Labute approximate surface area is 204 Å². The van der Waals surface area contributed by atoms with Crippen molar-refractivity contribution in [3.8, 4) is 17.0 Å². The maximum atomic E-state index is 13.1. The van der Waals surface area contributed by atoms with Gasteiger partial charge in [-0.1, -0.05) is 23.7 Å². The van der Waals surface area contributed by atoms with Gasteiger partial charge in [-0.15, -0.1) is 0 Å². The smallest absolute Gasteiger partial charge is 0.461 e. The number of rotatable bonds is 8. The Balaban J connectivity index is 2.57. The zero-order chi connectivity index (χ0) is 26.6. The maximum absolute atomic E-state index is 13.1. The van der Waals surface area contributed by atoms with Crippen LogP contribution in [-0.4, -0.2) is 54.5 Å². The van der Waals surface area contributed by atoms with Crippen molar-refractivity contribution in [3.05, 3.63) is 35.0 Å². The van der Waals surface area contributed by atoms with Crippen LogP contribution in [0.25, 0.3) is 11.3 Å². The number of ether oxygens (including phenoxy) is 2. The molecule has 0 saturated heterocycles. The molecule has 1 heterocycles. The quantitative estimate of drug-likeness (QED) is 0.300. The number of esters is 1. The van der Waals surface area contributed by atoms with Gasteiger partial charge in [0.2, 0.25) is 5.75 Å². The number of halogens is 4. The lowest BCUT2D eigenvalue weighted by Gasteiger charge is -2.19. The topological polar surface area (TPSA) is 126 Å². The van der Waals surface area contributed by atoms with Gasteiger partial charge in [0, 0.05) is 17.1 Å². The van der Waals surface area contributed by atoms with Crippen LogP contribution in [0.15, 0.2) is 24.3 Å². The summed E-state index contributed by atoms with van der Waals surface area (Å²) in [6.07, 6.45) is -0.795. The van der Waals surface area contributed by atoms with E-state index < -0.39 is 50.4 Å². The lowest BCUT2D eigenvalue weighted by Crippen LogP contribution is -2.34. The Morgan fingerprint density at radius 3 is 2.26 bits per heavy atom. The van der Waals surface area contributed by atoms with Crippen molar-refractivity contribution in [3.63, 3.8) is 0 Å². The fourth-order valence-corrected chi connectivity index (χ4v) is 3.21. The molecule has 194 valence electrons. The second-order valence-corrected chi connectivity index (χ2v) is 9.86. The van der Waals surface area contributed by atoms with E-state index in [1.165, 1.54) is 31.2 Å². The summed E-state index contributed by atoms with van der Waals surface area (Å²) in [5.74, 6) is -2.18. The van der Waals surface area contributed by atoms with E-state index in [0.717, 1.165) is 4.68 Å². The molecular weight excluding hydrogens is 519 g/mol. The first kappa shape index (κ1) is 28.2. The lowest BCUT2D eigenvalue weighted by atomic mass is 10.1. The average Bonchev–Trinajstić information content (AvgIpc) is 3.04. The molecule has 0 spiro atoms. The van der Waals surface area contributed by atoms with Gasteiger partial charge in [-0.25, -0.2) is 9.59 Å². The fraction of sp³-hybridized carbons (Fsp3) is 0.450. The fourth-order valence-electron chi connectivity index (χ4n) is 2.62. The van der Waals surface area contributed by atoms with Crippen molar-refractivity contribution in [1.29, 1.82) is 0 Å². The molecule has 2 rings (SSSR count). The third-order valence-electron chi connectivity index (χ3n) is 3.96. The highest BCUT2D eigenvalue weighted by Gasteiger charge is 2.50. The van der Waals surface area contributed by atoms with Gasteiger partial charge in [0.25, 0.3) is 0 Å². The van der Waals surface area contributed by atoms with Crippen LogP contribution < -0.4 is 9.50 Å². The molecule has 15 heteroatoms. The Hall–Kier alpha value is -3.00. The largest absolute Gasteiger partial charge is 0.534 e. The SMILES string of the molecule is CCOC(=O)c1c(OS(=O)(=O)C(F)(F)F)c(-c2ccc(Cl)cc2)nn1CCNC(=O)OC(C)(C)C. The Morgan fingerprint density at radius 2 is 1.74 bits per heavy atom. The van der Waals surface area contributed by atoms with Gasteiger partial charge in [-0.05, 0) is 39.8 Å². The summed E-state index contributed by atoms with van der Waals surface area (Å²) in [6.45, 7) is 5.72. The summed E-state index contributed by atoms with van der Waals surface area (Å²) in [5, 5.41) is 6.76. The number of aromatic nitrogens is 2. The molecule has 0 aliphatic heterocycles. The molecule has 1 amide bonds. The van der Waals surface area contributed by atoms with E-state index >= 15 is 0 Å². The molecular formula is C20H23ClF3N3O7S. The number of hydrogen-bond acceptors (Lipinski definition) is 8. The molecule has 2 aromatic rings. The molecule has 0 saturated carbocycles. The number of nitrogens with zero attached hydrogens (tertiary/aromatic N) is 2. The van der Waals surface area contributed by atoms with E-state index in [0.29, 0.717) is 0 Å². The van der Waals surface area contributed by atoms with Gasteiger partial charge < -0.3 is 19.0 Å². The molecule has 0 atom stereocenters. The van der Waals surface area contributed by atoms with Crippen LogP contribution in [0.5, 0.6) is 5.75 Å². The van der Waals surface area contributed by atoms with Crippen molar-refractivity contribution >= 4 is 33.8 Å². The first-order valence-corrected chi connectivity index (χ1v) is 11.9. The molecule has 10 nitrogen and oxygen atoms in total. The van der Waals surface area contributed by atoms with Crippen LogP contribution in [0.2, 0.25) is 5.02 Å². The van der Waals surface area contributed by atoms with Crippen LogP contribution in [0, 0.1) is 0 Å².